The summed E-state index contributed by atoms with van der Waals surface area (Å²) in [5, 5.41) is 11.7. The summed E-state index contributed by atoms with van der Waals surface area (Å²) in [4.78, 5) is 36.5. The fourth-order valence-corrected chi connectivity index (χ4v) is 4.95. The van der Waals surface area contributed by atoms with Crippen molar-refractivity contribution in [1.82, 2.24) is 19.4 Å². The van der Waals surface area contributed by atoms with Gasteiger partial charge in [-0.1, -0.05) is 17.7 Å². The van der Waals surface area contributed by atoms with Gasteiger partial charge >= 0.3 is 0 Å². The van der Waals surface area contributed by atoms with Crippen molar-refractivity contribution in [2.45, 2.75) is 12.3 Å². The molecule has 1 N–H and O–H groups in total. The molecule has 0 bridgehead atoms. The van der Waals surface area contributed by atoms with Crippen LogP contribution in [0.5, 0.6) is 17.4 Å². The van der Waals surface area contributed by atoms with E-state index in [4.69, 9.17) is 21.1 Å². The minimum absolute atomic E-state index is 0.0565. The van der Waals surface area contributed by atoms with E-state index in [1.165, 1.54) is 49.6 Å². The molecule has 1 atom stereocenters. The second-order valence-corrected chi connectivity index (χ2v) is 9.49. The Balaban J connectivity index is 1.64. The van der Waals surface area contributed by atoms with E-state index < -0.39 is 40.5 Å². The zero-order chi connectivity index (χ0) is 28.6. The molecule has 2 aromatic heterocycles. The smallest absolute Gasteiger partial charge is 0.290 e. The number of ether oxygens (including phenoxy) is 2. The highest BCUT2D eigenvalue weighted by atomic mass is 35.5. The molecule has 1 aliphatic rings. The third-order valence-electron chi connectivity index (χ3n) is 6.71. The van der Waals surface area contributed by atoms with Crippen LogP contribution in [-0.2, 0) is 0 Å². The first-order valence-electron chi connectivity index (χ1n) is 12.2. The number of aromatic nitrogens is 3. The summed E-state index contributed by atoms with van der Waals surface area (Å²) in [7, 11) is 2.81. The summed E-state index contributed by atoms with van der Waals surface area (Å²) < 4.78 is 40.3. The molecule has 40 heavy (non-hydrogen) atoms. The summed E-state index contributed by atoms with van der Waals surface area (Å²) in [6.45, 7) is 0.241. The maximum atomic E-state index is 14.5. The van der Waals surface area contributed by atoms with Gasteiger partial charge in [-0.05, 0) is 48.9 Å². The molecule has 12 heteroatoms. The van der Waals surface area contributed by atoms with E-state index in [0.29, 0.717) is 6.42 Å². The number of carbonyl (C=O) groups is 1. The summed E-state index contributed by atoms with van der Waals surface area (Å²) in [6, 6.07) is 11.1. The predicted octanol–water partition coefficient (Wildman–Crippen LogP) is 4.58. The first kappa shape index (κ1) is 27.1. The summed E-state index contributed by atoms with van der Waals surface area (Å²) in [5.41, 5.74) is -0.982. The average molecular weight is 569 g/mol. The summed E-state index contributed by atoms with van der Waals surface area (Å²) in [5.74, 6) is -2.64. The third kappa shape index (κ3) is 4.84. The van der Waals surface area contributed by atoms with Crippen LogP contribution in [0.15, 0.2) is 59.5 Å². The number of pyridine rings is 1. The van der Waals surface area contributed by atoms with Crippen molar-refractivity contribution in [1.29, 1.82) is 0 Å². The van der Waals surface area contributed by atoms with Crippen LogP contribution in [0.4, 0.5) is 8.78 Å². The van der Waals surface area contributed by atoms with Crippen molar-refractivity contribution in [2.24, 2.45) is 0 Å². The van der Waals surface area contributed by atoms with Crippen molar-refractivity contribution in [3.05, 3.63) is 93.0 Å². The van der Waals surface area contributed by atoms with E-state index in [1.807, 2.05) is 0 Å². The minimum Gasteiger partial charge on any atom is -0.494 e. The largest absolute Gasteiger partial charge is 0.494 e. The predicted molar refractivity (Wildman–Crippen MR) is 142 cm³/mol. The second kappa shape index (κ2) is 10.9. The van der Waals surface area contributed by atoms with E-state index in [0.717, 1.165) is 10.6 Å². The van der Waals surface area contributed by atoms with Crippen molar-refractivity contribution in [3.63, 3.8) is 0 Å². The highest BCUT2D eigenvalue weighted by Crippen LogP contribution is 2.39. The number of hydrogen-bond donors (Lipinski definition) is 1. The van der Waals surface area contributed by atoms with Gasteiger partial charge in [0.05, 0.1) is 24.9 Å². The van der Waals surface area contributed by atoms with Crippen molar-refractivity contribution in [3.8, 4) is 34.5 Å². The van der Waals surface area contributed by atoms with Crippen LogP contribution in [0.1, 0.15) is 28.4 Å². The molecule has 206 valence electrons. The zero-order valence-corrected chi connectivity index (χ0v) is 22.2. The molecule has 4 aromatic rings. The highest BCUT2D eigenvalue weighted by molar-refractivity contribution is 6.30. The number of benzene rings is 2. The molecule has 1 unspecified atom stereocenters. The molecule has 1 amide bonds. The highest BCUT2D eigenvalue weighted by Gasteiger charge is 2.35. The number of rotatable bonds is 6. The monoisotopic (exact) mass is 568 g/mol. The number of halogens is 3. The molecule has 5 rings (SSSR count). The molecule has 1 aliphatic heterocycles. The number of hydrogen-bond acceptors (Lipinski definition) is 7. The van der Waals surface area contributed by atoms with Crippen LogP contribution in [0.3, 0.4) is 0 Å². The molecule has 1 fully saturated rings. The minimum atomic E-state index is -0.994. The quantitative estimate of drug-likeness (QED) is 0.363. The Morgan fingerprint density at radius 3 is 2.40 bits per heavy atom. The lowest BCUT2D eigenvalue weighted by Gasteiger charge is -2.22. The van der Waals surface area contributed by atoms with Crippen molar-refractivity contribution < 1.29 is 28.2 Å². The Morgan fingerprint density at radius 1 is 1.10 bits per heavy atom. The third-order valence-corrected chi connectivity index (χ3v) is 6.92. The number of nitrogens with zero attached hydrogens (tertiary/aromatic N) is 4. The van der Waals surface area contributed by atoms with E-state index in [9.17, 15) is 23.5 Å². The summed E-state index contributed by atoms with van der Waals surface area (Å²) in [6.07, 6.45) is 1.71. The van der Waals surface area contributed by atoms with E-state index in [1.54, 1.807) is 18.2 Å². The molecule has 2 aromatic carbocycles. The van der Waals surface area contributed by atoms with Crippen LogP contribution in [0.25, 0.3) is 17.1 Å². The van der Waals surface area contributed by atoms with Crippen molar-refractivity contribution in [2.75, 3.05) is 27.3 Å². The van der Waals surface area contributed by atoms with Gasteiger partial charge in [-0.25, -0.2) is 8.78 Å². The van der Waals surface area contributed by atoms with Gasteiger partial charge in [0.1, 0.15) is 28.8 Å². The van der Waals surface area contributed by atoms with E-state index >= 15 is 0 Å². The van der Waals surface area contributed by atoms with Crippen LogP contribution >= 0.6 is 11.6 Å². The number of para-hydroxylation sites is 1. The second-order valence-electron chi connectivity index (χ2n) is 9.05. The van der Waals surface area contributed by atoms with E-state index in [-0.39, 0.29) is 52.4 Å². The maximum absolute atomic E-state index is 14.5. The first-order valence-corrected chi connectivity index (χ1v) is 12.5. The Hall–Kier alpha value is -4.51. The van der Waals surface area contributed by atoms with Crippen LogP contribution in [0.2, 0.25) is 5.02 Å². The Morgan fingerprint density at radius 2 is 1.77 bits per heavy atom. The molecule has 9 nitrogen and oxygen atoms in total. The number of amides is 1. The van der Waals surface area contributed by atoms with Gasteiger partial charge in [0.25, 0.3) is 11.5 Å². The standard InChI is InChI=1S/C28H23ClF2N4O5/c1-39-20-4-3-5-21(40-2)24(20)35-25(15-6-8-18(30)9-7-15)33-26(36)22(28(35)38)27(37)34-11-10-16(14-34)23-19(31)12-17(29)13-32-23/h3-9,12-13,16,38H,10-11,14H2,1-2H3. The van der Waals surface area contributed by atoms with Gasteiger partial charge in [0.2, 0.25) is 5.88 Å². The van der Waals surface area contributed by atoms with Crippen LogP contribution in [-0.4, -0.2) is 57.8 Å². The van der Waals surface area contributed by atoms with Gasteiger partial charge in [0, 0.05) is 30.8 Å². The Kier molecular flexibility index (Phi) is 7.40. The summed E-state index contributed by atoms with van der Waals surface area (Å²) >= 11 is 5.82. The van der Waals surface area contributed by atoms with E-state index in [2.05, 4.69) is 9.97 Å². The molecule has 3 heterocycles. The molecule has 0 saturated carbocycles. The SMILES string of the molecule is COc1cccc(OC)c1-n1c(-c2ccc(F)cc2)nc(=O)c(C(=O)N2CCC(c3ncc(Cl)cc3F)C2)c1O. The molecule has 0 radical (unpaired) electrons. The topological polar surface area (TPSA) is 107 Å². The molecule has 0 aliphatic carbocycles. The van der Waals surface area contributed by atoms with Gasteiger partial charge in [0.15, 0.2) is 11.4 Å². The Labute approximate surface area is 232 Å². The lowest BCUT2D eigenvalue weighted by molar-refractivity contribution is 0.0784. The number of likely N-dealkylation sites (tertiary alicyclic amines) is 1. The number of carbonyl (C=O) groups excluding carboxylic acids is 1. The molecule has 1 saturated heterocycles. The van der Waals surface area contributed by atoms with Crippen molar-refractivity contribution >= 4 is 17.5 Å². The molecule has 0 spiro atoms. The van der Waals surface area contributed by atoms with Gasteiger partial charge in [-0.3, -0.25) is 19.1 Å². The van der Waals surface area contributed by atoms with Crippen LogP contribution in [0, 0.1) is 11.6 Å². The number of methoxy groups -OCH3 is 2. The number of aromatic hydroxyl groups is 1. The van der Waals surface area contributed by atoms with Gasteiger partial charge in [-0.2, -0.15) is 4.98 Å². The maximum Gasteiger partial charge on any atom is 0.290 e. The van der Waals surface area contributed by atoms with Gasteiger partial charge < -0.3 is 19.5 Å². The molecular weight excluding hydrogens is 546 g/mol. The zero-order valence-electron chi connectivity index (χ0n) is 21.4. The lowest BCUT2D eigenvalue weighted by atomic mass is 10.0. The normalized spacial score (nSPS) is 14.8. The fraction of sp³-hybridized carbons (Fsp3) is 0.214. The lowest BCUT2D eigenvalue weighted by Crippen LogP contribution is -2.34. The molecular formula is C28H23ClF2N4O5. The average Bonchev–Trinajstić information content (AvgIpc) is 3.43. The Bertz CT molecular complexity index is 1640. The van der Waals surface area contributed by atoms with Gasteiger partial charge in [-0.15, -0.1) is 0 Å². The fourth-order valence-electron chi connectivity index (χ4n) is 4.80. The first-order chi connectivity index (χ1) is 19.2. The van der Waals surface area contributed by atoms with Crippen LogP contribution < -0.4 is 15.0 Å².